The Labute approximate surface area is 149 Å². The zero-order valence-corrected chi connectivity index (χ0v) is 15.5. The maximum absolute atomic E-state index is 10.6. The lowest BCUT2D eigenvalue weighted by Gasteiger charge is -2.34. The van der Waals surface area contributed by atoms with Crippen LogP contribution < -0.4 is 0 Å². The summed E-state index contributed by atoms with van der Waals surface area (Å²) in [4.78, 5) is 0. The Hall–Kier alpha value is -0.160. The SMILES string of the molecule is CC1=C2CCC(C)CC2c2c(c(O)n(SC(Cl)(Cl)Cl)c2O)C1. The molecule has 0 aliphatic heterocycles. The van der Waals surface area contributed by atoms with Gasteiger partial charge in [0, 0.05) is 29.0 Å². The molecule has 0 bridgehead atoms. The van der Waals surface area contributed by atoms with E-state index in [1.165, 1.54) is 21.5 Å². The van der Waals surface area contributed by atoms with Crippen molar-refractivity contribution in [3.63, 3.8) is 0 Å². The molecule has 7 heteroatoms. The monoisotopic (exact) mass is 381 g/mol. The molecule has 2 atom stereocenters. The van der Waals surface area contributed by atoms with Crippen molar-refractivity contribution in [3.8, 4) is 11.8 Å². The van der Waals surface area contributed by atoms with Crippen molar-refractivity contribution >= 4 is 46.8 Å². The van der Waals surface area contributed by atoms with Gasteiger partial charge in [-0.15, -0.1) is 0 Å². The highest BCUT2D eigenvalue weighted by atomic mass is 35.6. The van der Waals surface area contributed by atoms with Gasteiger partial charge in [0.25, 0.3) is 3.12 Å². The first-order valence-corrected chi connectivity index (χ1v) is 9.20. The summed E-state index contributed by atoms with van der Waals surface area (Å²) in [5.41, 5.74) is 4.26. The van der Waals surface area contributed by atoms with Gasteiger partial charge in [-0.25, -0.2) is 3.97 Å². The van der Waals surface area contributed by atoms with Crippen LogP contribution in [-0.2, 0) is 6.42 Å². The highest BCUT2D eigenvalue weighted by Crippen LogP contribution is 2.55. The second-order valence-corrected chi connectivity index (χ2v) is 10.4. The summed E-state index contributed by atoms with van der Waals surface area (Å²) < 4.78 is -0.408. The van der Waals surface area contributed by atoms with Crippen LogP contribution in [0.5, 0.6) is 11.8 Å². The summed E-state index contributed by atoms with van der Waals surface area (Å²) in [6.07, 6.45) is 3.85. The van der Waals surface area contributed by atoms with Gasteiger partial charge in [-0.1, -0.05) is 52.9 Å². The molecule has 2 aliphatic carbocycles. The Bertz CT molecular complexity index is 648. The third-order valence-electron chi connectivity index (χ3n) is 4.72. The molecule has 2 unspecified atom stereocenters. The fourth-order valence-corrected chi connectivity index (χ4v) is 4.95. The fraction of sp³-hybridized carbons (Fsp3) is 0.600. The highest BCUT2D eigenvalue weighted by Gasteiger charge is 2.39. The Morgan fingerprint density at radius 1 is 1.23 bits per heavy atom. The number of rotatable bonds is 1. The third kappa shape index (κ3) is 2.83. The molecule has 22 heavy (non-hydrogen) atoms. The van der Waals surface area contributed by atoms with Crippen LogP contribution >= 0.6 is 46.8 Å². The molecule has 1 heterocycles. The fourth-order valence-electron chi connectivity index (χ4n) is 3.74. The summed E-state index contributed by atoms with van der Waals surface area (Å²) in [6.45, 7) is 4.33. The molecule has 3 rings (SSSR count). The number of allylic oxidation sites excluding steroid dienone is 2. The molecular weight excluding hydrogens is 365 g/mol. The number of aromatic hydroxyl groups is 2. The lowest BCUT2D eigenvalue weighted by atomic mass is 9.69. The first-order chi connectivity index (χ1) is 10.2. The summed E-state index contributed by atoms with van der Waals surface area (Å²) in [6, 6.07) is 0. The van der Waals surface area contributed by atoms with Crippen molar-refractivity contribution in [2.24, 2.45) is 5.92 Å². The van der Waals surface area contributed by atoms with Gasteiger partial charge >= 0.3 is 0 Å². The standard InChI is InChI=1S/C15H18Cl3NO2S/c1-7-3-4-9-8(2)6-11-12(10(9)5-7)14(21)19(13(11)20)22-15(16,17)18/h7,10,20-21H,3-6H2,1-2H3. The zero-order chi connectivity index (χ0) is 16.2. The van der Waals surface area contributed by atoms with Gasteiger partial charge in [0.2, 0.25) is 11.8 Å². The van der Waals surface area contributed by atoms with E-state index in [-0.39, 0.29) is 17.7 Å². The van der Waals surface area contributed by atoms with Crippen molar-refractivity contribution in [3.05, 3.63) is 22.3 Å². The number of nitrogens with zero attached hydrogens (tertiary/aromatic N) is 1. The van der Waals surface area contributed by atoms with Crippen LogP contribution in [0.25, 0.3) is 0 Å². The van der Waals surface area contributed by atoms with E-state index < -0.39 is 3.12 Å². The van der Waals surface area contributed by atoms with Gasteiger partial charge in [-0.2, -0.15) is 0 Å². The molecular formula is C15H18Cl3NO2S. The topological polar surface area (TPSA) is 45.4 Å². The third-order valence-corrected chi connectivity index (χ3v) is 6.08. The number of alkyl halides is 3. The summed E-state index contributed by atoms with van der Waals surface area (Å²) in [5.74, 6) is 0.752. The van der Waals surface area contributed by atoms with Crippen LogP contribution in [0.15, 0.2) is 11.1 Å². The number of aromatic nitrogens is 1. The maximum atomic E-state index is 10.6. The molecule has 0 radical (unpaired) electrons. The van der Waals surface area contributed by atoms with E-state index >= 15 is 0 Å². The smallest absolute Gasteiger partial charge is 0.256 e. The van der Waals surface area contributed by atoms with Gasteiger partial charge in [0.05, 0.1) is 0 Å². The Morgan fingerprint density at radius 3 is 2.55 bits per heavy atom. The van der Waals surface area contributed by atoms with E-state index in [4.69, 9.17) is 34.8 Å². The minimum absolute atomic E-state index is 0.00734. The number of hydrogen-bond donors (Lipinski definition) is 2. The van der Waals surface area contributed by atoms with Crippen molar-refractivity contribution in [1.82, 2.24) is 3.97 Å². The van der Waals surface area contributed by atoms with Crippen molar-refractivity contribution in [1.29, 1.82) is 0 Å². The lowest BCUT2D eigenvalue weighted by molar-refractivity contribution is 0.384. The van der Waals surface area contributed by atoms with Crippen molar-refractivity contribution < 1.29 is 10.2 Å². The van der Waals surface area contributed by atoms with E-state index in [1.54, 1.807) is 0 Å². The van der Waals surface area contributed by atoms with E-state index in [0.717, 1.165) is 35.9 Å². The van der Waals surface area contributed by atoms with Gasteiger partial charge in [-0.05, 0) is 38.5 Å². The minimum Gasteiger partial charge on any atom is -0.494 e. The zero-order valence-electron chi connectivity index (χ0n) is 12.4. The average Bonchev–Trinajstić information content (AvgIpc) is 2.62. The molecule has 2 aliphatic rings. The molecule has 1 aromatic rings. The van der Waals surface area contributed by atoms with E-state index in [0.29, 0.717) is 12.3 Å². The van der Waals surface area contributed by atoms with Crippen LogP contribution in [0, 0.1) is 5.92 Å². The Morgan fingerprint density at radius 2 is 1.91 bits per heavy atom. The molecule has 3 nitrogen and oxygen atoms in total. The molecule has 0 amide bonds. The van der Waals surface area contributed by atoms with E-state index in [9.17, 15) is 10.2 Å². The van der Waals surface area contributed by atoms with Crippen LogP contribution in [-0.4, -0.2) is 17.3 Å². The van der Waals surface area contributed by atoms with Crippen LogP contribution in [0.3, 0.4) is 0 Å². The second kappa shape index (κ2) is 5.73. The Kier molecular flexibility index (Phi) is 4.35. The predicted molar refractivity (Wildman–Crippen MR) is 93.2 cm³/mol. The molecule has 122 valence electrons. The van der Waals surface area contributed by atoms with Gasteiger partial charge in [0.15, 0.2) is 0 Å². The first-order valence-electron chi connectivity index (χ1n) is 7.29. The number of halogens is 3. The predicted octanol–water partition coefficient (Wildman–Crippen LogP) is 5.50. The van der Waals surface area contributed by atoms with Gasteiger partial charge in [0.1, 0.15) is 0 Å². The van der Waals surface area contributed by atoms with Crippen molar-refractivity contribution in [2.75, 3.05) is 0 Å². The number of fused-ring (bicyclic) bond motifs is 3. The second-order valence-electron chi connectivity index (χ2n) is 6.29. The molecule has 1 fully saturated rings. The maximum Gasteiger partial charge on any atom is 0.256 e. The lowest BCUT2D eigenvalue weighted by Crippen LogP contribution is -2.20. The van der Waals surface area contributed by atoms with Crippen molar-refractivity contribution in [2.45, 2.75) is 48.6 Å². The van der Waals surface area contributed by atoms with Gasteiger partial charge < -0.3 is 10.2 Å². The molecule has 0 spiro atoms. The summed E-state index contributed by atoms with van der Waals surface area (Å²) >= 11 is 18.2. The average molecular weight is 383 g/mol. The van der Waals surface area contributed by atoms with Crippen LogP contribution in [0.4, 0.5) is 0 Å². The first kappa shape index (κ1) is 16.7. The minimum atomic E-state index is -1.65. The van der Waals surface area contributed by atoms with Crippen LogP contribution in [0.2, 0.25) is 0 Å². The summed E-state index contributed by atoms with van der Waals surface area (Å²) in [7, 11) is 0. The quantitative estimate of drug-likeness (QED) is 0.498. The number of hydrogen-bond acceptors (Lipinski definition) is 3. The Balaban J connectivity index is 2.09. The molecule has 2 N–H and O–H groups in total. The normalized spacial score (nSPS) is 25.1. The molecule has 0 saturated heterocycles. The molecule has 0 aromatic carbocycles. The van der Waals surface area contributed by atoms with Gasteiger partial charge in [-0.3, -0.25) is 0 Å². The van der Waals surface area contributed by atoms with Crippen LogP contribution in [0.1, 0.15) is 50.2 Å². The highest BCUT2D eigenvalue weighted by molar-refractivity contribution is 8.03. The largest absolute Gasteiger partial charge is 0.494 e. The molecule has 1 aromatic heterocycles. The van der Waals surface area contributed by atoms with E-state index in [2.05, 4.69) is 13.8 Å². The molecule has 1 saturated carbocycles. The van der Waals surface area contributed by atoms with E-state index in [1.807, 2.05) is 0 Å². The summed E-state index contributed by atoms with van der Waals surface area (Å²) in [5, 5.41) is 21.1.